The molecule has 1 N–H and O–H groups in total. The Kier molecular flexibility index (Phi) is 4.12. The van der Waals surface area contributed by atoms with Crippen LogP contribution in [0.15, 0.2) is 28.7 Å². The summed E-state index contributed by atoms with van der Waals surface area (Å²) in [6, 6.07) is 8.16. The van der Waals surface area contributed by atoms with Gasteiger partial charge in [0.25, 0.3) is 0 Å². The van der Waals surface area contributed by atoms with E-state index < -0.39 is 0 Å². The lowest BCUT2D eigenvalue weighted by Gasteiger charge is -2.27. The summed E-state index contributed by atoms with van der Waals surface area (Å²) in [5, 5.41) is 22.1. The molecule has 0 bridgehead atoms. The van der Waals surface area contributed by atoms with E-state index in [-0.39, 0.29) is 12.1 Å². The number of tetrazole rings is 1. The lowest BCUT2D eigenvalue weighted by atomic mass is 9.92. The Balaban J connectivity index is 1.81. The summed E-state index contributed by atoms with van der Waals surface area (Å²) in [5.74, 6) is 0.818. The van der Waals surface area contributed by atoms with Crippen molar-refractivity contribution in [1.29, 1.82) is 0 Å². The average Bonchev–Trinajstić information content (AvgIpc) is 2.90. The van der Waals surface area contributed by atoms with Crippen molar-refractivity contribution >= 4 is 15.9 Å². The van der Waals surface area contributed by atoms with Crippen LogP contribution in [0.2, 0.25) is 0 Å². The second kappa shape index (κ2) is 6.01. The van der Waals surface area contributed by atoms with Gasteiger partial charge < -0.3 is 5.11 Å². The number of aliphatic hydroxyl groups excluding tert-OH is 1. The van der Waals surface area contributed by atoms with Crippen molar-refractivity contribution in [2.24, 2.45) is 0 Å². The molecule has 1 heterocycles. The number of aliphatic hydroxyl groups is 1. The van der Waals surface area contributed by atoms with Crippen molar-refractivity contribution in [3.63, 3.8) is 0 Å². The smallest absolute Gasteiger partial charge is 0.156 e. The zero-order valence-corrected chi connectivity index (χ0v) is 12.7. The van der Waals surface area contributed by atoms with E-state index in [2.05, 4.69) is 43.6 Å². The van der Waals surface area contributed by atoms with E-state index >= 15 is 0 Å². The zero-order valence-electron chi connectivity index (χ0n) is 11.1. The molecule has 1 saturated carbocycles. The van der Waals surface area contributed by atoms with Gasteiger partial charge in [0.2, 0.25) is 0 Å². The molecule has 6 heteroatoms. The number of benzene rings is 1. The maximum atomic E-state index is 10.1. The topological polar surface area (TPSA) is 63.8 Å². The van der Waals surface area contributed by atoms with Gasteiger partial charge in [-0.3, -0.25) is 0 Å². The van der Waals surface area contributed by atoms with E-state index in [4.69, 9.17) is 0 Å². The highest BCUT2D eigenvalue weighted by atomic mass is 79.9. The molecule has 5 nitrogen and oxygen atoms in total. The predicted octanol–water partition coefficient (Wildman–Crippen LogP) is 2.50. The van der Waals surface area contributed by atoms with Crippen LogP contribution in [0.5, 0.6) is 0 Å². The molecule has 0 saturated heterocycles. The van der Waals surface area contributed by atoms with E-state index in [1.807, 2.05) is 16.8 Å². The first-order valence-corrected chi connectivity index (χ1v) is 7.72. The minimum atomic E-state index is -0.337. The highest BCUT2D eigenvalue weighted by Crippen LogP contribution is 2.28. The van der Waals surface area contributed by atoms with Crippen LogP contribution in [0.25, 0.3) is 0 Å². The van der Waals surface area contributed by atoms with Crippen LogP contribution in [-0.4, -0.2) is 31.4 Å². The van der Waals surface area contributed by atoms with Gasteiger partial charge in [-0.2, -0.15) is 0 Å². The number of aromatic nitrogens is 4. The van der Waals surface area contributed by atoms with Crippen molar-refractivity contribution in [3.8, 4) is 0 Å². The number of nitrogens with zero attached hydrogens (tertiary/aromatic N) is 4. The van der Waals surface area contributed by atoms with Crippen molar-refractivity contribution in [1.82, 2.24) is 20.2 Å². The van der Waals surface area contributed by atoms with E-state index in [9.17, 15) is 5.11 Å². The molecule has 1 aromatic heterocycles. The molecule has 1 aliphatic carbocycles. The van der Waals surface area contributed by atoms with Crippen molar-refractivity contribution in [2.45, 2.75) is 44.2 Å². The molecular weight excluding hydrogens is 320 g/mol. The standard InChI is InChI=1S/C14H17BrN4O/c15-11-7-5-10(6-8-11)9-14-16-17-18-19(14)12-3-1-2-4-13(12)20/h5-8,12-13,20H,1-4,9H2/t12-,13-/m0/s1. The molecule has 0 spiro atoms. The Labute approximate surface area is 126 Å². The minimum Gasteiger partial charge on any atom is -0.391 e. The summed E-state index contributed by atoms with van der Waals surface area (Å²) in [5.41, 5.74) is 1.16. The number of hydrogen-bond acceptors (Lipinski definition) is 4. The molecule has 0 unspecified atom stereocenters. The molecule has 0 aliphatic heterocycles. The van der Waals surface area contributed by atoms with E-state index in [1.165, 1.54) is 0 Å². The van der Waals surface area contributed by atoms with Crippen molar-refractivity contribution in [3.05, 3.63) is 40.1 Å². The highest BCUT2D eigenvalue weighted by Gasteiger charge is 2.27. The van der Waals surface area contributed by atoms with Crippen LogP contribution < -0.4 is 0 Å². The molecule has 2 aromatic rings. The van der Waals surface area contributed by atoms with E-state index in [0.29, 0.717) is 6.42 Å². The van der Waals surface area contributed by atoms with Gasteiger partial charge in [0.05, 0.1) is 12.1 Å². The van der Waals surface area contributed by atoms with E-state index in [0.717, 1.165) is 41.5 Å². The quantitative estimate of drug-likeness (QED) is 0.935. The van der Waals surface area contributed by atoms with Crippen LogP contribution in [-0.2, 0) is 6.42 Å². The normalized spacial score (nSPS) is 22.9. The highest BCUT2D eigenvalue weighted by molar-refractivity contribution is 9.10. The van der Waals surface area contributed by atoms with Crippen LogP contribution in [0.1, 0.15) is 43.1 Å². The molecule has 1 aliphatic rings. The molecule has 106 valence electrons. The third-order valence-corrected chi connectivity index (χ3v) is 4.37. The minimum absolute atomic E-state index is 0.0178. The van der Waals surface area contributed by atoms with Crippen LogP contribution in [0, 0.1) is 0 Å². The largest absolute Gasteiger partial charge is 0.391 e. The van der Waals surface area contributed by atoms with Gasteiger partial charge >= 0.3 is 0 Å². The molecule has 2 atom stereocenters. The number of hydrogen-bond donors (Lipinski definition) is 1. The number of halogens is 1. The van der Waals surface area contributed by atoms with Gasteiger partial charge in [0, 0.05) is 10.9 Å². The molecular formula is C14H17BrN4O. The third-order valence-electron chi connectivity index (χ3n) is 3.84. The summed E-state index contributed by atoms with van der Waals surface area (Å²) >= 11 is 3.43. The van der Waals surface area contributed by atoms with Crippen molar-refractivity contribution < 1.29 is 5.11 Å². The molecule has 0 amide bonds. The van der Waals surface area contributed by atoms with Gasteiger partial charge in [-0.1, -0.05) is 40.9 Å². The average molecular weight is 337 g/mol. The fourth-order valence-corrected chi connectivity index (χ4v) is 3.01. The SMILES string of the molecule is O[C@H]1CCCC[C@@H]1n1nnnc1Cc1ccc(Br)cc1. The number of rotatable bonds is 3. The monoisotopic (exact) mass is 336 g/mol. The second-order valence-electron chi connectivity index (χ2n) is 5.26. The maximum Gasteiger partial charge on any atom is 0.156 e. The van der Waals surface area contributed by atoms with Gasteiger partial charge in [-0.25, -0.2) is 4.68 Å². The zero-order chi connectivity index (χ0) is 13.9. The van der Waals surface area contributed by atoms with Crippen LogP contribution >= 0.6 is 15.9 Å². The first-order chi connectivity index (χ1) is 9.74. The van der Waals surface area contributed by atoms with Gasteiger partial charge in [0.1, 0.15) is 0 Å². The molecule has 1 aromatic carbocycles. The molecule has 1 fully saturated rings. The molecule has 20 heavy (non-hydrogen) atoms. The fourth-order valence-electron chi connectivity index (χ4n) is 2.75. The lowest BCUT2D eigenvalue weighted by Crippen LogP contribution is -2.29. The first kappa shape index (κ1) is 13.7. The summed E-state index contributed by atoms with van der Waals surface area (Å²) in [6.07, 6.45) is 4.34. The molecule has 0 radical (unpaired) electrons. The van der Waals surface area contributed by atoms with Gasteiger partial charge in [-0.15, -0.1) is 5.10 Å². The Morgan fingerprint density at radius 3 is 2.70 bits per heavy atom. The van der Waals surface area contributed by atoms with E-state index in [1.54, 1.807) is 0 Å². The maximum absolute atomic E-state index is 10.1. The Morgan fingerprint density at radius 2 is 1.95 bits per heavy atom. The Bertz CT molecular complexity index is 569. The van der Waals surface area contributed by atoms with Crippen LogP contribution in [0.4, 0.5) is 0 Å². The van der Waals surface area contributed by atoms with Gasteiger partial charge in [-0.05, 0) is 41.0 Å². The first-order valence-electron chi connectivity index (χ1n) is 6.93. The summed E-state index contributed by atoms with van der Waals surface area (Å²) in [6.45, 7) is 0. The lowest BCUT2D eigenvalue weighted by molar-refractivity contribution is 0.0670. The van der Waals surface area contributed by atoms with Crippen LogP contribution in [0.3, 0.4) is 0 Å². The summed E-state index contributed by atoms with van der Waals surface area (Å²) < 4.78 is 2.87. The summed E-state index contributed by atoms with van der Waals surface area (Å²) in [7, 11) is 0. The van der Waals surface area contributed by atoms with Gasteiger partial charge in [0.15, 0.2) is 5.82 Å². The fraction of sp³-hybridized carbons (Fsp3) is 0.500. The predicted molar refractivity (Wildman–Crippen MR) is 78.3 cm³/mol. The summed E-state index contributed by atoms with van der Waals surface area (Å²) in [4.78, 5) is 0. The molecule has 3 rings (SSSR count). The Morgan fingerprint density at radius 1 is 1.20 bits per heavy atom. The third kappa shape index (κ3) is 2.91. The van der Waals surface area contributed by atoms with Crippen molar-refractivity contribution in [2.75, 3.05) is 0 Å². The Hall–Kier alpha value is -1.27. The second-order valence-corrected chi connectivity index (χ2v) is 6.18.